The van der Waals surface area contributed by atoms with E-state index < -0.39 is 0 Å². The Morgan fingerprint density at radius 1 is 1.27 bits per heavy atom. The zero-order valence-corrected chi connectivity index (χ0v) is 15.0. The van der Waals surface area contributed by atoms with Crippen LogP contribution in [-0.2, 0) is 0 Å². The van der Waals surface area contributed by atoms with Crippen molar-refractivity contribution in [3.63, 3.8) is 0 Å². The molecule has 0 spiro atoms. The van der Waals surface area contributed by atoms with Gasteiger partial charge in [-0.25, -0.2) is 0 Å². The van der Waals surface area contributed by atoms with Crippen LogP contribution in [0.4, 0.5) is 0 Å². The molecule has 22 heavy (non-hydrogen) atoms. The number of ether oxygens (including phenoxy) is 3. The molecular weight excluding hydrogens is 397 g/mol. The van der Waals surface area contributed by atoms with Crippen molar-refractivity contribution >= 4 is 29.9 Å². The van der Waals surface area contributed by atoms with E-state index in [9.17, 15) is 0 Å². The molecule has 0 bridgehead atoms. The van der Waals surface area contributed by atoms with Crippen molar-refractivity contribution in [3.8, 4) is 17.2 Å². The summed E-state index contributed by atoms with van der Waals surface area (Å²) >= 11 is 0. The van der Waals surface area contributed by atoms with Gasteiger partial charge in [0.05, 0.1) is 6.54 Å². The minimum absolute atomic E-state index is 0. The average Bonchev–Trinajstić information content (AvgIpc) is 3.22. The lowest BCUT2D eigenvalue weighted by molar-refractivity contribution is 0.173. The van der Waals surface area contributed by atoms with Crippen LogP contribution in [0.3, 0.4) is 0 Å². The van der Waals surface area contributed by atoms with Crippen LogP contribution in [0.1, 0.15) is 12.8 Å². The van der Waals surface area contributed by atoms with Gasteiger partial charge in [0.2, 0.25) is 6.79 Å². The van der Waals surface area contributed by atoms with Gasteiger partial charge in [-0.1, -0.05) is 0 Å². The topological polar surface area (TPSA) is 64.1 Å². The van der Waals surface area contributed by atoms with E-state index in [0.717, 1.165) is 35.7 Å². The fourth-order valence-electron chi connectivity index (χ4n) is 2.09. The van der Waals surface area contributed by atoms with Gasteiger partial charge in [0, 0.05) is 19.7 Å². The van der Waals surface area contributed by atoms with Crippen molar-refractivity contribution < 1.29 is 14.2 Å². The molecule has 2 aliphatic rings. The second kappa shape index (κ2) is 8.30. The van der Waals surface area contributed by atoms with Crippen LogP contribution in [0.2, 0.25) is 0 Å². The molecule has 0 radical (unpaired) electrons. The molecule has 7 heteroatoms. The van der Waals surface area contributed by atoms with E-state index in [4.69, 9.17) is 14.2 Å². The van der Waals surface area contributed by atoms with Gasteiger partial charge in [-0.05, 0) is 30.9 Å². The summed E-state index contributed by atoms with van der Waals surface area (Å²) in [5, 5.41) is 6.54. The van der Waals surface area contributed by atoms with Gasteiger partial charge in [0.1, 0.15) is 12.4 Å². The standard InChI is InChI=1S/C15H21N3O3.HI/c1-16-15(18-9-11-2-3-11)17-6-7-19-12-4-5-13-14(8-12)21-10-20-13;/h4-5,8,11H,2-3,6-7,9-10H2,1H3,(H2,16,17,18);1H. The summed E-state index contributed by atoms with van der Waals surface area (Å²) in [6.07, 6.45) is 2.66. The van der Waals surface area contributed by atoms with Gasteiger partial charge >= 0.3 is 0 Å². The number of hydrogen-bond acceptors (Lipinski definition) is 4. The Balaban J connectivity index is 0.00000176. The number of nitrogens with one attached hydrogen (secondary N) is 2. The summed E-state index contributed by atoms with van der Waals surface area (Å²) in [6, 6.07) is 5.59. The normalized spacial score (nSPS) is 16.0. The molecule has 122 valence electrons. The number of guanidine groups is 1. The summed E-state index contributed by atoms with van der Waals surface area (Å²) in [4.78, 5) is 4.18. The van der Waals surface area contributed by atoms with Gasteiger partial charge in [-0.15, -0.1) is 24.0 Å². The maximum Gasteiger partial charge on any atom is 0.231 e. The van der Waals surface area contributed by atoms with E-state index in [1.54, 1.807) is 7.05 Å². The maximum absolute atomic E-state index is 5.68. The first kappa shape index (κ1) is 17.0. The third-order valence-corrected chi connectivity index (χ3v) is 3.49. The Bertz CT molecular complexity index is 521. The molecule has 1 aromatic rings. The lowest BCUT2D eigenvalue weighted by Crippen LogP contribution is -2.40. The van der Waals surface area contributed by atoms with Crippen molar-refractivity contribution in [1.29, 1.82) is 0 Å². The fraction of sp³-hybridized carbons (Fsp3) is 0.533. The van der Waals surface area contributed by atoms with Crippen molar-refractivity contribution in [2.75, 3.05) is 33.5 Å². The molecule has 1 aliphatic carbocycles. The molecule has 0 saturated heterocycles. The van der Waals surface area contributed by atoms with E-state index in [-0.39, 0.29) is 30.8 Å². The van der Waals surface area contributed by atoms with Crippen molar-refractivity contribution in [1.82, 2.24) is 10.6 Å². The van der Waals surface area contributed by atoms with Crippen molar-refractivity contribution in [2.24, 2.45) is 10.9 Å². The third-order valence-electron chi connectivity index (χ3n) is 3.49. The Hall–Kier alpha value is -1.38. The van der Waals surface area contributed by atoms with Gasteiger partial charge in [-0.2, -0.15) is 0 Å². The summed E-state index contributed by atoms with van der Waals surface area (Å²) in [5.41, 5.74) is 0. The Kier molecular flexibility index (Phi) is 6.41. The smallest absolute Gasteiger partial charge is 0.231 e. The number of nitrogens with zero attached hydrogens (tertiary/aromatic N) is 1. The number of fused-ring (bicyclic) bond motifs is 1. The second-order valence-corrected chi connectivity index (χ2v) is 5.19. The van der Waals surface area contributed by atoms with E-state index in [0.29, 0.717) is 13.2 Å². The summed E-state index contributed by atoms with van der Waals surface area (Å²) < 4.78 is 16.3. The third kappa shape index (κ3) is 4.82. The number of hydrogen-bond donors (Lipinski definition) is 2. The highest BCUT2D eigenvalue weighted by Crippen LogP contribution is 2.34. The first-order valence-corrected chi connectivity index (χ1v) is 7.32. The lowest BCUT2D eigenvalue weighted by atomic mass is 10.3. The van der Waals surface area contributed by atoms with Crippen molar-refractivity contribution in [3.05, 3.63) is 18.2 Å². The molecule has 0 aromatic heterocycles. The Morgan fingerprint density at radius 3 is 2.86 bits per heavy atom. The minimum atomic E-state index is 0. The van der Waals surface area contributed by atoms with Gasteiger partial charge in [-0.3, -0.25) is 4.99 Å². The Morgan fingerprint density at radius 2 is 2.09 bits per heavy atom. The van der Waals surface area contributed by atoms with Crippen LogP contribution in [-0.4, -0.2) is 39.5 Å². The molecule has 3 rings (SSSR count). The lowest BCUT2D eigenvalue weighted by Gasteiger charge is -2.12. The predicted molar refractivity (Wildman–Crippen MR) is 95.6 cm³/mol. The summed E-state index contributed by atoms with van der Waals surface area (Å²) in [5.74, 6) is 3.94. The van der Waals surface area contributed by atoms with Crippen LogP contribution < -0.4 is 24.8 Å². The monoisotopic (exact) mass is 419 g/mol. The average molecular weight is 419 g/mol. The quantitative estimate of drug-likeness (QED) is 0.320. The highest BCUT2D eigenvalue weighted by atomic mass is 127. The summed E-state index contributed by atoms with van der Waals surface area (Å²) in [7, 11) is 1.78. The van der Waals surface area contributed by atoms with Gasteiger partial charge in [0.15, 0.2) is 17.5 Å². The molecular formula is C15H22IN3O3. The van der Waals surface area contributed by atoms with Crippen LogP contribution in [0.15, 0.2) is 23.2 Å². The van der Waals surface area contributed by atoms with E-state index in [1.807, 2.05) is 18.2 Å². The molecule has 1 aromatic carbocycles. The largest absolute Gasteiger partial charge is 0.492 e. The maximum atomic E-state index is 5.68. The van der Waals surface area contributed by atoms with Crippen LogP contribution in [0.25, 0.3) is 0 Å². The zero-order chi connectivity index (χ0) is 14.5. The van der Waals surface area contributed by atoms with E-state index >= 15 is 0 Å². The highest BCUT2D eigenvalue weighted by molar-refractivity contribution is 14.0. The van der Waals surface area contributed by atoms with Crippen LogP contribution in [0, 0.1) is 5.92 Å². The molecule has 0 unspecified atom stereocenters. The minimum Gasteiger partial charge on any atom is -0.492 e. The highest BCUT2D eigenvalue weighted by Gasteiger charge is 2.21. The number of rotatable bonds is 6. The molecule has 2 N–H and O–H groups in total. The Labute approximate surface area is 147 Å². The molecule has 1 saturated carbocycles. The van der Waals surface area contributed by atoms with Crippen LogP contribution in [0.5, 0.6) is 17.2 Å². The van der Waals surface area contributed by atoms with Gasteiger partial charge in [0.25, 0.3) is 0 Å². The van der Waals surface area contributed by atoms with E-state index in [2.05, 4.69) is 15.6 Å². The first-order valence-electron chi connectivity index (χ1n) is 7.32. The molecule has 6 nitrogen and oxygen atoms in total. The predicted octanol–water partition coefficient (Wildman–Crippen LogP) is 1.99. The van der Waals surface area contributed by atoms with E-state index in [1.165, 1.54) is 12.8 Å². The fourth-order valence-corrected chi connectivity index (χ4v) is 2.09. The zero-order valence-electron chi connectivity index (χ0n) is 12.6. The molecule has 0 amide bonds. The molecule has 1 heterocycles. The molecule has 1 fully saturated rings. The second-order valence-electron chi connectivity index (χ2n) is 5.19. The van der Waals surface area contributed by atoms with Crippen LogP contribution >= 0.6 is 24.0 Å². The SMILES string of the molecule is CN=C(NCCOc1ccc2c(c1)OCO2)NCC1CC1.I. The number of benzene rings is 1. The number of aliphatic imine (C=N–C) groups is 1. The van der Waals surface area contributed by atoms with Gasteiger partial charge < -0.3 is 24.8 Å². The number of halogens is 1. The molecule has 0 atom stereocenters. The summed E-state index contributed by atoms with van der Waals surface area (Å²) in [6.45, 7) is 2.54. The first-order chi connectivity index (χ1) is 10.3. The molecule has 1 aliphatic heterocycles. The van der Waals surface area contributed by atoms with Crippen molar-refractivity contribution in [2.45, 2.75) is 12.8 Å².